The van der Waals surface area contributed by atoms with Crippen LogP contribution in [-0.4, -0.2) is 10.9 Å². The van der Waals surface area contributed by atoms with E-state index >= 15 is 0 Å². The second-order valence-corrected chi connectivity index (χ2v) is 7.10. The van der Waals surface area contributed by atoms with Crippen molar-refractivity contribution in [1.82, 2.24) is 4.98 Å². The summed E-state index contributed by atoms with van der Waals surface area (Å²) < 4.78 is 2.32. The lowest BCUT2D eigenvalue weighted by molar-refractivity contribution is 0.102. The van der Waals surface area contributed by atoms with Gasteiger partial charge in [-0.2, -0.15) is 0 Å². The molecule has 104 valence electrons. The smallest absolute Gasteiger partial charge is 0.257 e. The Bertz CT molecular complexity index is 671. The second kappa shape index (κ2) is 6.75. The zero-order chi connectivity index (χ0) is 14.9. The molecule has 2 aromatic rings. The molecule has 0 aliphatic carbocycles. The average Bonchev–Trinajstić information content (AvgIpc) is 2.36. The minimum Gasteiger partial charge on any atom is -0.320 e. The number of pyridine rings is 1. The normalized spacial score (nSPS) is 10.4. The Labute approximate surface area is 150 Å². The average molecular weight is 504 g/mol. The highest BCUT2D eigenvalue weighted by Crippen LogP contribution is 2.35. The van der Waals surface area contributed by atoms with Crippen LogP contribution >= 0.6 is 71.0 Å². The molecule has 0 aliphatic rings. The highest BCUT2D eigenvalue weighted by Gasteiger charge is 2.15. The SMILES string of the molecule is O=C(Nc1c(Br)cc(Br)cc1Br)c1cc(Cl)ncc1Cl. The summed E-state index contributed by atoms with van der Waals surface area (Å²) in [7, 11) is 0. The van der Waals surface area contributed by atoms with Crippen molar-refractivity contribution in [3.05, 3.63) is 53.6 Å². The lowest BCUT2D eigenvalue weighted by Crippen LogP contribution is -2.13. The quantitative estimate of drug-likeness (QED) is 0.516. The molecule has 0 radical (unpaired) electrons. The molecule has 1 heterocycles. The van der Waals surface area contributed by atoms with E-state index in [4.69, 9.17) is 23.2 Å². The lowest BCUT2D eigenvalue weighted by atomic mass is 10.2. The number of hydrogen-bond donors (Lipinski definition) is 1. The fourth-order valence-electron chi connectivity index (χ4n) is 1.43. The van der Waals surface area contributed by atoms with Crippen LogP contribution in [0.5, 0.6) is 0 Å². The van der Waals surface area contributed by atoms with Gasteiger partial charge < -0.3 is 5.32 Å². The maximum atomic E-state index is 12.2. The van der Waals surface area contributed by atoms with Gasteiger partial charge in [0, 0.05) is 19.6 Å². The minimum atomic E-state index is -0.372. The molecule has 20 heavy (non-hydrogen) atoms. The first-order valence-corrected chi connectivity index (χ1v) is 8.29. The first-order chi connectivity index (χ1) is 9.38. The molecule has 0 saturated carbocycles. The van der Waals surface area contributed by atoms with Crippen molar-refractivity contribution in [1.29, 1.82) is 0 Å². The van der Waals surface area contributed by atoms with Crippen LogP contribution in [0.25, 0.3) is 0 Å². The van der Waals surface area contributed by atoms with Crippen molar-refractivity contribution in [2.75, 3.05) is 5.32 Å². The molecule has 1 aromatic heterocycles. The largest absolute Gasteiger partial charge is 0.320 e. The van der Waals surface area contributed by atoms with Gasteiger partial charge in [0.15, 0.2) is 0 Å². The monoisotopic (exact) mass is 500 g/mol. The highest BCUT2D eigenvalue weighted by atomic mass is 79.9. The Morgan fingerprint density at radius 1 is 1.10 bits per heavy atom. The molecule has 8 heteroatoms. The number of carbonyl (C=O) groups is 1. The van der Waals surface area contributed by atoms with Crippen molar-refractivity contribution in [2.24, 2.45) is 0 Å². The molecule has 1 N–H and O–H groups in total. The number of nitrogens with one attached hydrogen (secondary N) is 1. The summed E-state index contributed by atoms with van der Waals surface area (Å²) in [4.78, 5) is 16.0. The minimum absolute atomic E-state index is 0.202. The van der Waals surface area contributed by atoms with Gasteiger partial charge in [-0.15, -0.1) is 0 Å². The van der Waals surface area contributed by atoms with Gasteiger partial charge in [0.2, 0.25) is 0 Å². The maximum absolute atomic E-state index is 12.2. The van der Waals surface area contributed by atoms with Crippen LogP contribution in [0.15, 0.2) is 37.8 Å². The fraction of sp³-hybridized carbons (Fsp3) is 0. The molecule has 2 rings (SSSR count). The highest BCUT2D eigenvalue weighted by molar-refractivity contribution is 9.11. The predicted molar refractivity (Wildman–Crippen MR) is 91.8 cm³/mol. The van der Waals surface area contributed by atoms with E-state index in [1.165, 1.54) is 12.3 Å². The van der Waals surface area contributed by atoms with Gasteiger partial charge in [-0.05, 0) is 50.1 Å². The molecular formula is C12H5Br3Cl2N2O. The number of anilines is 1. The number of carbonyl (C=O) groups excluding carboxylic acids is 1. The maximum Gasteiger partial charge on any atom is 0.257 e. The number of aromatic nitrogens is 1. The van der Waals surface area contributed by atoms with E-state index in [0.717, 1.165) is 13.4 Å². The Balaban J connectivity index is 2.35. The zero-order valence-corrected chi connectivity index (χ0v) is 15.8. The van der Waals surface area contributed by atoms with Crippen LogP contribution in [0, 0.1) is 0 Å². The Morgan fingerprint density at radius 3 is 2.30 bits per heavy atom. The molecule has 1 amide bonds. The van der Waals surface area contributed by atoms with Gasteiger partial charge in [0.25, 0.3) is 5.91 Å². The van der Waals surface area contributed by atoms with Gasteiger partial charge in [0.05, 0.1) is 16.3 Å². The van der Waals surface area contributed by atoms with E-state index in [9.17, 15) is 4.79 Å². The molecular weight excluding hydrogens is 499 g/mol. The van der Waals surface area contributed by atoms with Gasteiger partial charge in [-0.3, -0.25) is 4.79 Å². The molecule has 3 nitrogen and oxygen atoms in total. The molecule has 0 unspecified atom stereocenters. The molecule has 0 aliphatic heterocycles. The van der Waals surface area contributed by atoms with E-state index in [-0.39, 0.29) is 21.6 Å². The number of benzene rings is 1. The van der Waals surface area contributed by atoms with Crippen molar-refractivity contribution >= 4 is 82.6 Å². The van der Waals surface area contributed by atoms with Gasteiger partial charge >= 0.3 is 0 Å². The Kier molecular flexibility index (Phi) is 5.48. The standard InChI is InChI=1S/C12H5Br3Cl2N2O/c13-5-1-7(14)11(8(15)2-5)19-12(20)6-3-10(17)18-4-9(6)16/h1-4H,(H,19,20). The Morgan fingerprint density at radius 2 is 1.70 bits per heavy atom. The summed E-state index contributed by atoms with van der Waals surface area (Å²) in [6.45, 7) is 0. The summed E-state index contributed by atoms with van der Waals surface area (Å²) >= 11 is 21.9. The zero-order valence-electron chi connectivity index (χ0n) is 9.55. The number of hydrogen-bond acceptors (Lipinski definition) is 2. The summed E-state index contributed by atoms with van der Waals surface area (Å²) in [5, 5.41) is 3.20. The van der Waals surface area contributed by atoms with Crippen LogP contribution in [0.3, 0.4) is 0 Å². The second-order valence-electron chi connectivity index (χ2n) is 3.69. The van der Waals surface area contributed by atoms with Crippen molar-refractivity contribution in [3.63, 3.8) is 0 Å². The summed E-state index contributed by atoms with van der Waals surface area (Å²) in [5.41, 5.74) is 0.857. The lowest BCUT2D eigenvalue weighted by Gasteiger charge is -2.11. The van der Waals surface area contributed by atoms with Crippen LogP contribution in [0.4, 0.5) is 5.69 Å². The van der Waals surface area contributed by atoms with Crippen molar-refractivity contribution < 1.29 is 4.79 Å². The third-order valence-electron chi connectivity index (χ3n) is 2.31. The molecule has 0 saturated heterocycles. The van der Waals surface area contributed by atoms with Gasteiger partial charge in [0.1, 0.15) is 5.15 Å². The van der Waals surface area contributed by atoms with Gasteiger partial charge in [-0.1, -0.05) is 39.1 Å². The topological polar surface area (TPSA) is 42.0 Å². The number of halogens is 5. The first-order valence-electron chi connectivity index (χ1n) is 5.15. The third-order valence-corrected chi connectivity index (χ3v) is 4.53. The predicted octanol–water partition coefficient (Wildman–Crippen LogP) is 5.93. The van der Waals surface area contributed by atoms with E-state index in [2.05, 4.69) is 58.1 Å². The van der Waals surface area contributed by atoms with Crippen LogP contribution in [0.1, 0.15) is 10.4 Å². The van der Waals surface area contributed by atoms with Crippen molar-refractivity contribution in [2.45, 2.75) is 0 Å². The summed E-state index contributed by atoms with van der Waals surface area (Å²) in [6, 6.07) is 5.06. The number of nitrogens with zero attached hydrogens (tertiary/aromatic N) is 1. The molecule has 1 aromatic carbocycles. The first kappa shape index (κ1) is 16.2. The number of amides is 1. The summed E-state index contributed by atoms with van der Waals surface area (Å²) in [6.07, 6.45) is 1.34. The summed E-state index contributed by atoms with van der Waals surface area (Å²) in [5.74, 6) is -0.372. The molecule has 0 bridgehead atoms. The van der Waals surface area contributed by atoms with Crippen LogP contribution < -0.4 is 5.32 Å². The third kappa shape index (κ3) is 3.74. The fourth-order valence-corrected chi connectivity index (χ4v) is 4.23. The van der Waals surface area contributed by atoms with E-state index in [1.54, 1.807) is 0 Å². The van der Waals surface area contributed by atoms with E-state index in [1.807, 2.05) is 12.1 Å². The van der Waals surface area contributed by atoms with Crippen LogP contribution in [0.2, 0.25) is 10.2 Å². The number of rotatable bonds is 2. The van der Waals surface area contributed by atoms with Crippen LogP contribution in [-0.2, 0) is 0 Å². The molecule has 0 atom stereocenters. The molecule has 0 spiro atoms. The van der Waals surface area contributed by atoms with Gasteiger partial charge in [-0.25, -0.2) is 4.98 Å². The van der Waals surface area contributed by atoms with E-state index in [0.29, 0.717) is 5.69 Å². The molecule has 0 fully saturated rings. The Hall–Kier alpha value is -0.140. The van der Waals surface area contributed by atoms with Crippen molar-refractivity contribution in [3.8, 4) is 0 Å². The van der Waals surface area contributed by atoms with E-state index < -0.39 is 0 Å².